The van der Waals surface area contributed by atoms with E-state index in [1.54, 1.807) is 54.6 Å². The van der Waals surface area contributed by atoms with Crippen LogP contribution < -0.4 is 16.0 Å². The summed E-state index contributed by atoms with van der Waals surface area (Å²) in [5.41, 5.74) is 6.01. The number of likely N-dealkylation sites (N-methyl/N-ethyl adjacent to an activating group) is 1. The first kappa shape index (κ1) is 29.4. The number of carbonyl (C=O) groups is 3. The number of nitrogens with one attached hydrogen (secondary N) is 1. The number of halogens is 6. The molecule has 1 aliphatic rings. The van der Waals surface area contributed by atoms with Gasteiger partial charge in [-0.1, -0.05) is 54.6 Å². The van der Waals surface area contributed by atoms with Crippen LogP contribution in [0.4, 0.5) is 32.0 Å². The van der Waals surface area contributed by atoms with E-state index in [1.807, 2.05) is 0 Å². The van der Waals surface area contributed by atoms with Gasteiger partial charge >= 0.3 is 12.4 Å². The maximum Gasteiger partial charge on any atom is 0.392 e. The van der Waals surface area contributed by atoms with Crippen LogP contribution in [0.3, 0.4) is 0 Å². The molecule has 2 aromatic carbocycles. The lowest BCUT2D eigenvalue weighted by molar-refractivity contribution is -0.142. The molecule has 0 radical (unpaired) electrons. The normalized spacial score (nSPS) is 17.2. The van der Waals surface area contributed by atoms with Gasteiger partial charge < -0.3 is 16.0 Å². The largest absolute Gasteiger partial charge is 0.392 e. The number of primary amides is 1. The number of alkyl halides is 6. The summed E-state index contributed by atoms with van der Waals surface area (Å²) in [6.45, 7) is 0. The molecule has 2 atom stereocenters. The molecular formula is C26H24F6N4O3. The SMILES string of the molecule is CN1C(=O)[C@@H](NC(=O)[C@H](CCC(F)(F)F)/C(=C/CC(F)(F)F)C(N)=O)N=C(c2ccccc2)c2ccccc21. The van der Waals surface area contributed by atoms with Gasteiger partial charge in [0.1, 0.15) is 0 Å². The van der Waals surface area contributed by atoms with Crippen molar-refractivity contribution >= 4 is 29.1 Å². The number of carbonyl (C=O) groups excluding carboxylic acids is 3. The first-order valence-corrected chi connectivity index (χ1v) is 11.6. The average Bonchev–Trinajstić information content (AvgIpc) is 2.95. The van der Waals surface area contributed by atoms with Crippen LogP contribution in [-0.2, 0) is 14.4 Å². The topological polar surface area (TPSA) is 105 Å². The minimum absolute atomic E-state index is 0.281. The number of allylic oxidation sites excluding steroid dienone is 1. The van der Waals surface area contributed by atoms with Crippen LogP contribution in [0, 0.1) is 5.92 Å². The summed E-state index contributed by atoms with van der Waals surface area (Å²) in [5, 5.41) is 2.23. The van der Waals surface area contributed by atoms with Crippen molar-refractivity contribution < 1.29 is 40.7 Å². The van der Waals surface area contributed by atoms with Crippen molar-refractivity contribution in [1.82, 2.24) is 5.32 Å². The minimum Gasteiger partial charge on any atom is -0.366 e. The zero-order chi connectivity index (χ0) is 29.0. The zero-order valence-corrected chi connectivity index (χ0v) is 20.5. The van der Waals surface area contributed by atoms with Gasteiger partial charge in [0.05, 0.1) is 23.7 Å². The molecule has 0 bridgehead atoms. The fourth-order valence-electron chi connectivity index (χ4n) is 4.05. The number of benzene rings is 2. The highest BCUT2D eigenvalue weighted by atomic mass is 19.4. The second-order valence-electron chi connectivity index (χ2n) is 8.72. The Labute approximate surface area is 219 Å². The lowest BCUT2D eigenvalue weighted by atomic mass is 9.91. The van der Waals surface area contributed by atoms with Crippen molar-refractivity contribution in [3.63, 3.8) is 0 Å². The average molecular weight is 554 g/mol. The minimum atomic E-state index is -4.81. The third-order valence-corrected chi connectivity index (χ3v) is 5.92. The Morgan fingerprint density at radius 3 is 2.23 bits per heavy atom. The van der Waals surface area contributed by atoms with Crippen LogP contribution in [-0.4, -0.2) is 49.0 Å². The Bertz CT molecular complexity index is 1290. The molecule has 0 spiro atoms. The summed E-state index contributed by atoms with van der Waals surface area (Å²) in [5.74, 6) is -5.59. The fourth-order valence-corrected chi connectivity index (χ4v) is 4.05. The van der Waals surface area contributed by atoms with Gasteiger partial charge in [-0.25, -0.2) is 4.99 Å². The molecule has 0 unspecified atom stereocenters. The van der Waals surface area contributed by atoms with E-state index in [-0.39, 0.29) is 5.71 Å². The number of fused-ring (bicyclic) bond motifs is 1. The Morgan fingerprint density at radius 1 is 1.03 bits per heavy atom. The van der Waals surface area contributed by atoms with Crippen LogP contribution in [0.5, 0.6) is 0 Å². The van der Waals surface area contributed by atoms with E-state index in [1.165, 1.54) is 11.9 Å². The fraction of sp³-hybridized carbons (Fsp3) is 0.308. The van der Waals surface area contributed by atoms with E-state index in [0.29, 0.717) is 22.9 Å². The predicted octanol–water partition coefficient (Wildman–Crippen LogP) is 4.27. The van der Waals surface area contributed by atoms with Gasteiger partial charge in [-0.2, -0.15) is 26.3 Å². The number of rotatable bonds is 8. The van der Waals surface area contributed by atoms with Gasteiger partial charge in [0, 0.05) is 30.2 Å². The van der Waals surface area contributed by atoms with Crippen molar-refractivity contribution in [3.05, 3.63) is 77.4 Å². The molecule has 0 saturated heterocycles. The van der Waals surface area contributed by atoms with Gasteiger partial charge in [0.15, 0.2) is 0 Å². The van der Waals surface area contributed by atoms with E-state index in [0.717, 1.165) is 0 Å². The number of hydrogen-bond acceptors (Lipinski definition) is 4. The van der Waals surface area contributed by atoms with Gasteiger partial charge in [0.25, 0.3) is 5.91 Å². The van der Waals surface area contributed by atoms with Crippen molar-refractivity contribution in [3.8, 4) is 0 Å². The van der Waals surface area contributed by atoms with Crippen LogP contribution in [0.25, 0.3) is 0 Å². The number of para-hydroxylation sites is 1. The van der Waals surface area contributed by atoms with Crippen molar-refractivity contribution in [2.75, 3.05) is 11.9 Å². The van der Waals surface area contributed by atoms with Crippen LogP contribution in [0.1, 0.15) is 30.4 Å². The zero-order valence-electron chi connectivity index (χ0n) is 20.5. The van der Waals surface area contributed by atoms with E-state index in [2.05, 4.69) is 10.3 Å². The van der Waals surface area contributed by atoms with Crippen molar-refractivity contribution in [2.45, 2.75) is 37.8 Å². The highest BCUT2D eigenvalue weighted by Crippen LogP contribution is 2.31. The van der Waals surface area contributed by atoms with E-state index >= 15 is 0 Å². The van der Waals surface area contributed by atoms with Crippen LogP contribution in [0.15, 0.2) is 71.2 Å². The first-order valence-electron chi connectivity index (χ1n) is 11.6. The van der Waals surface area contributed by atoms with Gasteiger partial charge in [-0.3, -0.25) is 14.4 Å². The maximum absolute atomic E-state index is 13.3. The molecule has 1 aliphatic heterocycles. The molecule has 1 heterocycles. The maximum atomic E-state index is 13.3. The Kier molecular flexibility index (Phi) is 8.82. The second kappa shape index (κ2) is 11.7. The molecule has 0 aromatic heterocycles. The molecule has 7 nitrogen and oxygen atoms in total. The molecule has 3 rings (SSSR count). The van der Waals surface area contributed by atoms with Crippen LogP contribution >= 0.6 is 0 Å². The number of amides is 3. The van der Waals surface area contributed by atoms with Gasteiger partial charge in [0.2, 0.25) is 18.0 Å². The Morgan fingerprint density at radius 2 is 1.64 bits per heavy atom. The first-order chi connectivity index (χ1) is 18.2. The monoisotopic (exact) mass is 554 g/mol. The van der Waals surface area contributed by atoms with E-state index < -0.39 is 67.0 Å². The third-order valence-electron chi connectivity index (χ3n) is 5.92. The lowest BCUT2D eigenvalue weighted by Gasteiger charge is -2.24. The van der Waals surface area contributed by atoms with Crippen molar-refractivity contribution in [2.24, 2.45) is 16.6 Å². The highest BCUT2D eigenvalue weighted by Gasteiger charge is 2.37. The second-order valence-corrected chi connectivity index (χ2v) is 8.72. The molecule has 13 heteroatoms. The lowest BCUT2D eigenvalue weighted by Crippen LogP contribution is -2.48. The molecule has 0 saturated carbocycles. The standard InChI is InChI=1S/C26H24F6N4O3/c1-36-19-10-6-5-9-18(19)20(15-7-3-2-4-8-15)34-22(24(36)39)35-23(38)17(12-14-26(30,31)32)16(21(33)37)11-13-25(27,28)29/h2-11,17,22H,12-14H2,1H3,(H2,33,37)(H,35,38)/b16-11-/t17-,22-/m1/s1. The highest BCUT2D eigenvalue weighted by molar-refractivity contribution is 6.20. The number of nitrogens with zero attached hydrogens (tertiary/aromatic N) is 2. The van der Waals surface area contributed by atoms with Gasteiger partial charge in [-0.05, 0) is 12.5 Å². The molecule has 3 N–H and O–H groups in total. The van der Waals surface area contributed by atoms with E-state index in [9.17, 15) is 40.7 Å². The molecule has 208 valence electrons. The summed E-state index contributed by atoms with van der Waals surface area (Å²) in [6, 6.07) is 15.2. The molecule has 3 amide bonds. The molecule has 0 fully saturated rings. The third kappa shape index (κ3) is 7.68. The number of anilines is 1. The number of benzodiazepines with no additional fused rings is 1. The summed E-state index contributed by atoms with van der Waals surface area (Å²) in [4.78, 5) is 44.1. The van der Waals surface area contributed by atoms with Crippen LogP contribution in [0.2, 0.25) is 0 Å². The molecule has 0 aliphatic carbocycles. The summed E-state index contributed by atoms with van der Waals surface area (Å²) >= 11 is 0. The number of aliphatic imine (C=N–C) groups is 1. The molecule has 39 heavy (non-hydrogen) atoms. The molecule has 2 aromatic rings. The van der Waals surface area contributed by atoms with E-state index in [4.69, 9.17) is 5.73 Å². The van der Waals surface area contributed by atoms with Crippen molar-refractivity contribution in [1.29, 1.82) is 0 Å². The Balaban J connectivity index is 2.05. The molecular weight excluding hydrogens is 530 g/mol. The number of nitrogens with two attached hydrogens (primary N) is 1. The van der Waals surface area contributed by atoms with Gasteiger partial charge in [-0.15, -0.1) is 0 Å². The predicted molar refractivity (Wildman–Crippen MR) is 131 cm³/mol. The summed E-state index contributed by atoms with van der Waals surface area (Å²) < 4.78 is 77.5. The quantitative estimate of drug-likeness (QED) is 0.376. The summed E-state index contributed by atoms with van der Waals surface area (Å²) in [6.07, 6.45) is -15.3. The Hall–Kier alpha value is -4.16. The smallest absolute Gasteiger partial charge is 0.366 e. The summed E-state index contributed by atoms with van der Waals surface area (Å²) in [7, 11) is 1.41. The number of hydrogen-bond donors (Lipinski definition) is 2.